The van der Waals surface area contributed by atoms with E-state index in [9.17, 15) is 4.79 Å². The van der Waals surface area contributed by atoms with Gasteiger partial charge in [-0.15, -0.1) is 0 Å². The van der Waals surface area contributed by atoms with E-state index in [1.54, 1.807) is 30.5 Å². The van der Waals surface area contributed by atoms with Crippen molar-refractivity contribution in [1.82, 2.24) is 4.98 Å². The van der Waals surface area contributed by atoms with Crippen molar-refractivity contribution in [3.63, 3.8) is 0 Å². The minimum Gasteiger partial charge on any atom is -0.289 e. The van der Waals surface area contributed by atoms with Gasteiger partial charge in [0.1, 0.15) is 0 Å². The maximum atomic E-state index is 12.7. The van der Waals surface area contributed by atoms with Gasteiger partial charge in [-0.3, -0.25) is 9.78 Å². The van der Waals surface area contributed by atoms with Crippen LogP contribution in [0.3, 0.4) is 0 Å². The lowest BCUT2D eigenvalue weighted by Gasteiger charge is -2.07. The lowest BCUT2D eigenvalue weighted by atomic mass is 10.00. The van der Waals surface area contributed by atoms with Crippen LogP contribution in [0, 0.1) is 0 Å². The minimum atomic E-state index is -0.156. The number of benzene rings is 2. The molecule has 98 valence electrons. The molecule has 0 atom stereocenters. The molecule has 0 N–H and O–H groups in total. The van der Waals surface area contributed by atoms with Crippen molar-refractivity contribution < 1.29 is 4.79 Å². The summed E-state index contributed by atoms with van der Waals surface area (Å²) in [4.78, 5) is 16.9. The van der Waals surface area contributed by atoms with Crippen LogP contribution in [0.2, 0.25) is 10.0 Å². The lowest BCUT2D eigenvalue weighted by Crippen LogP contribution is -2.03. The van der Waals surface area contributed by atoms with Gasteiger partial charge < -0.3 is 0 Å². The fourth-order valence-electron chi connectivity index (χ4n) is 2.12. The Morgan fingerprint density at radius 3 is 2.55 bits per heavy atom. The zero-order valence-corrected chi connectivity index (χ0v) is 11.8. The van der Waals surface area contributed by atoms with Gasteiger partial charge in [0.05, 0.1) is 15.6 Å². The standard InChI is InChI=1S/C16H9Cl2NO/c17-13-6-3-5-12(15(13)18)16(20)11-8-9-19-14-7-2-1-4-10(11)14/h1-9H. The SMILES string of the molecule is O=C(c1cccc(Cl)c1Cl)c1ccnc2ccccc12. The Hall–Kier alpha value is -1.90. The Balaban J connectivity index is 2.21. The maximum absolute atomic E-state index is 12.7. The number of carbonyl (C=O) groups is 1. The molecule has 0 unspecified atom stereocenters. The third-order valence-electron chi connectivity index (χ3n) is 3.09. The first-order valence-electron chi connectivity index (χ1n) is 6.01. The number of pyridine rings is 1. The Labute approximate surface area is 126 Å². The van der Waals surface area contributed by atoms with Gasteiger partial charge >= 0.3 is 0 Å². The molecule has 0 aliphatic carbocycles. The van der Waals surface area contributed by atoms with E-state index in [4.69, 9.17) is 23.2 Å². The number of carbonyl (C=O) groups excluding carboxylic acids is 1. The summed E-state index contributed by atoms with van der Waals surface area (Å²) < 4.78 is 0. The molecule has 0 aliphatic rings. The minimum absolute atomic E-state index is 0.156. The summed E-state index contributed by atoms with van der Waals surface area (Å²) in [5.74, 6) is -0.156. The molecule has 2 nitrogen and oxygen atoms in total. The van der Waals surface area contributed by atoms with Crippen molar-refractivity contribution in [2.24, 2.45) is 0 Å². The van der Waals surface area contributed by atoms with Crippen molar-refractivity contribution >= 4 is 39.9 Å². The first kappa shape index (κ1) is 13.1. The van der Waals surface area contributed by atoms with Gasteiger partial charge in [0.2, 0.25) is 0 Å². The Morgan fingerprint density at radius 2 is 1.70 bits per heavy atom. The number of nitrogens with zero attached hydrogens (tertiary/aromatic N) is 1. The summed E-state index contributed by atoms with van der Waals surface area (Å²) in [5.41, 5.74) is 1.74. The van der Waals surface area contributed by atoms with Crippen LogP contribution in [0.1, 0.15) is 15.9 Å². The first-order chi connectivity index (χ1) is 9.68. The van der Waals surface area contributed by atoms with E-state index in [1.807, 2.05) is 24.3 Å². The second kappa shape index (κ2) is 5.23. The molecular weight excluding hydrogens is 293 g/mol. The molecule has 0 radical (unpaired) electrons. The third kappa shape index (κ3) is 2.17. The topological polar surface area (TPSA) is 30.0 Å². The number of aromatic nitrogens is 1. The summed E-state index contributed by atoms with van der Waals surface area (Å²) in [5, 5.41) is 1.45. The molecule has 3 rings (SSSR count). The molecule has 4 heteroatoms. The molecule has 20 heavy (non-hydrogen) atoms. The van der Waals surface area contributed by atoms with Crippen LogP contribution in [0.25, 0.3) is 10.9 Å². The first-order valence-corrected chi connectivity index (χ1v) is 6.76. The number of ketones is 1. The molecule has 3 aromatic rings. The Morgan fingerprint density at radius 1 is 0.900 bits per heavy atom. The smallest absolute Gasteiger partial charge is 0.195 e. The lowest BCUT2D eigenvalue weighted by molar-refractivity contribution is 0.104. The quantitative estimate of drug-likeness (QED) is 0.638. The Kier molecular flexibility index (Phi) is 3.43. The van der Waals surface area contributed by atoms with Gasteiger partial charge in [-0.2, -0.15) is 0 Å². The van der Waals surface area contributed by atoms with E-state index in [1.165, 1.54) is 0 Å². The number of hydrogen-bond acceptors (Lipinski definition) is 2. The van der Waals surface area contributed by atoms with Crippen LogP contribution in [-0.2, 0) is 0 Å². The predicted molar refractivity (Wildman–Crippen MR) is 81.6 cm³/mol. The predicted octanol–water partition coefficient (Wildman–Crippen LogP) is 4.77. The fraction of sp³-hybridized carbons (Fsp3) is 0. The maximum Gasteiger partial charge on any atom is 0.195 e. The number of hydrogen-bond donors (Lipinski definition) is 0. The summed E-state index contributed by atoms with van der Waals surface area (Å²) in [6.07, 6.45) is 1.62. The number of fused-ring (bicyclic) bond motifs is 1. The number of rotatable bonds is 2. The largest absolute Gasteiger partial charge is 0.289 e. The van der Waals surface area contributed by atoms with Crippen molar-refractivity contribution in [2.45, 2.75) is 0 Å². The summed E-state index contributed by atoms with van der Waals surface area (Å²) in [7, 11) is 0. The van der Waals surface area contributed by atoms with Crippen LogP contribution in [-0.4, -0.2) is 10.8 Å². The van der Waals surface area contributed by atoms with Crippen molar-refractivity contribution in [3.8, 4) is 0 Å². The second-order valence-corrected chi connectivity index (χ2v) is 5.09. The zero-order valence-electron chi connectivity index (χ0n) is 10.3. The second-order valence-electron chi connectivity index (χ2n) is 4.31. The number of para-hydroxylation sites is 1. The van der Waals surface area contributed by atoms with Crippen LogP contribution in [0.4, 0.5) is 0 Å². The highest BCUT2D eigenvalue weighted by Gasteiger charge is 2.16. The van der Waals surface area contributed by atoms with Gasteiger partial charge in [0.25, 0.3) is 0 Å². The average Bonchev–Trinajstić information content (AvgIpc) is 2.49. The molecule has 0 spiro atoms. The van der Waals surface area contributed by atoms with Gasteiger partial charge in [-0.05, 0) is 24.3 Å². The zero-order chi connectivity index (χ0) is 14.1. The van der Waals surface area contributed by atoms with Gasteiger partial charge in [-0.1, -0.05) is 47.5 Å². The van der Waals surface area contributed by atoms with Gasteiger partial charge in [0, 0.05) is 22.7 Å². The molecule has 0 saturated heterocycles. The van der Waals surface area contributed by atoms with Crippen molar-refractivity contribution in [3.05, 3.63) is 75.9 Å². The molecule has 0 bridgehead atoms. The monoisotopic (exact) mass is 301 g/mol. The summed E-state index contributed by atoms with van der Waals surface area (Å²) >= 11 is 12.1. The van der Waals surface area contributed by atoms with Gasteiger partial charge in [0.15, 0.2) is 5.78 Å². The van der Waals surface area contributed by atoms with Crippen LogP contribution >= 0.6 is 23.2 Å². The normalized spacial score (nSPS) is 10.7. The Bertz CT molecular complexity index is 809. The van der Waals surface area contributed by atoms with Gasteiger partial charge in [-0.25, -0.2) is 0 Å². The van der Waals surface area contributed by atoms with Crippen molar-refractivity contribution in [2.75, 3.05) is 0 Å². The fourth-order valence-corrected chi connectivity index (χ4v) is 2.50. The molecule has 1 heterocycles. The molecular formula is C16H9Cl2NO. The molecule has 0 amide bonds. The number of halogens is 2. The highest BCUT2D eigenvalue weighted by atomic mass is 35.5. The van der Waals surface area contributed by atoms with E-state index < -0.39 is 0 Å². The van der Waals surface area contributed by atoms with Crippen LogP contribution in [0.15, 0.2) is 54.7 Å². The van der Waals surface area contributed by atoms with Crippen LogP contribution in [0.5, 0.6) is 0 Å². The van der Waals surface area contributed by atoms with Crippen LogP contribution < -0.4 is 0 Å². The summed E-state index contributed by atoms with van der Waals surface area (Å²) in [6.45, 7) is 0. The van der Waals surface area contributed by atoms with E-state index in [-0.39, 0.29) is 10.8 Å². The van der Waals surface area contributed by atoms with E-state index >= 15 is 0 Å². The van der Waals surface area contributed by atoms with E-state index in [2.05, 4.69) is 4.98 Å². The van der Waals surface area contributed by atoms with E-state index in [0.717, 1.165) is 10.9 Å². The molecule has 2 aromatic carbocycles. The van der Waals surface area contributed by atoms with E-state index in [0.29, 0.717) is 16.1 Å². The summed E-state index contributed by atoms with van der Waals surface area (Å²) in [6, 6.07) is 14.2. The molecule has 0 aliphatic heterocycles. The highest BCUT2D eigenvalue weighted by Crippen LogP contribution is 2.29. The third-order valence-corrected chi connectivity index (χ3v) is 3.91. The molecule has 0 saturated carbocycles. The molecule has 0 fully saturated rings. The average molecular weight is 302 g/mol. The highest BCUT2D eigenvalue weighted by molar-refractivity contribution is 6.44. The molecule has 1 aromatic heterocycles. The van der Waals surface area contributed by atoms with Crippen molar-refractivity contribution in [1.29, 1.82) is 0 Å².